The van der Waals surface area contributed by atoms with E-state index in [0.29, 0.717) is 22.9 Å². The third-order valence-electron chi connectivity index (χ3n) is 6.59. The van der Waals surface area contributed by atoms with Gasteiger partial charge in [-0.05, 0) is 79.1 Å². The van der Waals surface area contributed by atoms with E-state index in [1.807, 2.05) is 6.92 Å². The van der Waals surface area contributed by atoms with Crippen LogP contribution in [0.15, 0.2) is 71.6 Å². The number of halogens is 3. The van der Waals surface area contributed by atoms with Crippen LogP contribution in [-0.2, 0) is 26.2 Å². The minimum Gasteiger partial charge on any atom is -0.497 e. The first kappa shape index (κ1) is 33.2. The maximum absolute atomic E-state index is 14.1. The van der Waals surface area contributed by atoms with Crippen molar-refractivity contribution < 1.29 is 27.1 Å². The maximum Gasteiger partial charge on any atom is 0.264 e. The summed E-state index contributed by atoms with van der Waals surface area (Å²) in [7, 11) is -2.85. The highest BCUT2D eigenvalue weighted by atomic mass is 35.5. The molecule has 0 aromatic heterocycles. The van der Waals surface area contributed by atoms with E-state index in [-0.39, 0.29) is 34.5 Å². The second-order valence-corrected chi connectivity index (χ2v) is 12.2. The first-order chi connectivity index (χ1) is 20.0. The number of amides is 2. The molecule has 3 aromatic carbocycles. The Balaban J connectivity index is 2.04. The topological polar surface area (TPSA) is 96.0 Å². The van der Waals surface area contributed by atoms with Crippen LogP contribution in [-0.4, -0.2) is 51.4 Å². The van der Waals surface area contributed by atoms with E-state index < -0.39 is 34.3 Å². The molecule has 0 fully saturated rings. The number of unbranched alkanes of at least 4 members (excludes halogenated alkanes) is 1. The zero-order valence-electron chi connectivity index (χ0n) is 23.6. The maximum atomic E-state index is 14.1. The lowest BCUT2D eigenvalue weighted by molar-refractivity contribution is -0.140. The number of anilines is 1. The fourth-order valence-corrected chi connectivity index (χ4v) is 6.01. The van der Waals surface area contributed by atoms with E-state index in [1.165, 1.54) is 48.4 Å². The fraction of sp³-hybridized carbons (Fsp3) is 0.333. The summed E-state index contributed by atoms with van der Waals surface area (Å²) in [5, 5.41) is 3.47. The van der Waals surface area contributed by atoms with Crippen LogP contribution in [0, 0.1) is 5.82 Å². The van der Waals surface area contributed by atoms with Crippen LogP contribution in [0.5, 0.6) is 5.75 Å². The van der Waals surface area contributed by atoms with Gasteiger partial charge in [0.1, 0.15) is 24.2 Å². The first-order valence-electron chi connectivity index (χ1n) is 13.4. The number of methoxy groups -OCH3 is 1. The molecule has 1 N–H and O–H groups in total. The summed E-state index contributed by atoms with van der Waals surface area (Å²) in [6.07, 6.45) is 1.91. The summed E-state index contributed by atoms with van der Waals surface area (Å²) in [6, 6.07) is 14.4. The van der Waals surface area contributed by atoms with E-state index in [4.69, 9.17) is 27.9 Å². The summed E-state index contributed by atoms with van der Waals surface area (Å²) >= 11 is 12.3. The Morgan fingerprint density at radius 2 is 1.64 bits per heavy atom. The molecule has 0 radical (unpaired) electrons. The lowest BCUT2D eigenvalue weighted by Crippen LogP contribution is -2.52. The normalized spacial score (nSPS) is 12.0. The monoisotopic (exact) mass is 637 g/mol. The largest absolute Gasteiger partial charge is 0.497 e. The van der Waals surface area contributed by atoms with Crippen LogP contribution in [0.4, 0.5) is 10.1 Å². The highest BCUT2D eigenvalue weighted by Gasteiger charge is 2.33. The van der Waals surface area contributed by atoms with Gasteiger partial charge in [-0.1, -0.05) is 49.5 Å². The number of nitrogens with one attached hydrogen (secondary N) is 1. The van der Waals surface area contributed by atoms with Crippen molar-refractivity contribution >= 4 is 50.7 Å². The van der Waals surface area contributed by atoms with Crippen LogP contribution in [0.2, 0.25) is 10.0 Å². The minimum atomic E-state index is -4.31. The lowest BCUT2D eigenvalue weighted by Gasteiger charge is -2.33. The SMILES string of the molecule is CCCCNC(=O)[C@H](CC)N(Cc1ccc(Cl)c(Cl)c1)C(=O)CN(c1ccc(F)cc1)S(=O)(=O)c1ccc(OC)cc1. The quantitative estimate of drug-likeness (QED) is 0.217. The van der Waals surface area contributed by atoms with Gasteiger partial charge in [0.25, 0.3) is 10.0 Å². The van der Waals surface area contributed by atoms with Crippen molar-refractivity contribution in [2.75, 3.05) is 24.5 Å². The molecule has 3 aromatic rings. The number of carbonyl (C=O) groups excluding carboxylic acids is 2. The van der Waals surface area contributed by atoms with Gasteiger partial charge in [-0.15, -0.1) is 0 Å². The van der Waals surface area contributed by atoms with Crippen molar-refractivity contribution in [3.63, 3.8) is 0 Å². The molecule has 0 heterocycles. The predicted molar refractivity (Wildman–Crippen MR) is 163 cm³/mol. The van der Waals surface area contributed by atoms with Crippen molar-refractivity contribution in [2.45, 2.75) is 50.6 Å². The molecule has 42 heavy (non-hydrogen) atoms. The first-order valence-corrected chi connectivity index (χ1v) is 15.6. The average Bonchev–Trinajstić information content (AvgIpc) is 2.98. The van der Waals surface area contributed by atoms with Gasteiger partial charge in [-0.25, -0.2) is 12.8 Å². The summed E-state index contributed by atoms with van der Waals surface area (Å²) in [5.41, 5.74) is 0.680. The number of nitrogens with zero attached hydrogens (tertiary/aromatic N) is 2. The number of carbonyl (C=O) groups is 2. The molecule has 0 spiro atoms. The number of benzene rings is 3. The number of hydrogen-bond donors (Lipinski definition) is 1. The molecule has 12 heteroatoms. The summed E-state index contributed by atoms with van der Waals surface area (Å²) in [4.78, 5) is 28.5. The van der Waals surface area contributed by atoms with Crippen LogP contribution < -0.4 is 14.4 Å². The smallest absolute Gasteiger partial charge is 0.264 e. The Bertz CT molecular complexity index is 1470. The zero-order valence-corrected chi connectivity index (χ0v) is 26.0. The second-order valence-electron chi connectivity index (χ2n) is 9.50. The van der Waals surface area contributed by atoms with E-state index in [0.717, 1.165) is 29.3 Å². The number of rotatable bonds is 14. The molecule has 0 bridgehead atoms. The van der Waals surface area contributed by atoms with Gasteiger partial charge in [-0.3, -0.25) is 13.9 Å². The number of ether oxygens (including phenoxy) is 1. The molecule has 0 aliphatic heterocycles. The molecule has 8 nitrogen and oxygen atoms in total. The van der Waals surface area contributed by atoms with Crippen molar-refractivity contribution in [3.8, 4) is 5.75 Å². The van der Waals surface area contributed by atoms with Crippen LogP contribution >= 0.6 is 23.2 Å². The van der Waals surface area contributed by atoms with Crippen LogP contribution in [0.3, 0.4) is 0 Å². The summed E-state index contributed by atoms with van der Waals surface area (Å²) in [6.45, 7) is 3.52. The second kappa shape index (κ2) is 15.2. The molecule has 2 amide bonds. The molecule has 3 rings (SSSR count). The standard InChI is InChI=1S/C30H34Cl2FN3O5S/c1-4-6-17-34-30(38)28(5-2)35(19-21-7-16-26(31)27(32)18-21)29(37)20-36(23-10-8-22(33)9-11-23)42(39,40)25-14-12-24(41-3)13-15-25/h7-16,18,28H,4-6,17,19-20H2,1-3H3,(H,34,38)/t28-/m0/s1. The van der Waals surface area contributed by atoms with E-state index in [9.17, 15) is 22.4 Å². The van der Waals surface area contributed by atoms with Gasteiger partial charge in [0.05, 0.1) is 27.7 Å². The van der Waals surface area contributed by atoms with Crippen molar-refractivity contribution in [1.82, 2.24) is 10.2 Å². The molecular formula is C30H34Cl2FN3O5S. The summed E-state index contributed by atoms with van der Waals surface area (Å²) < 4.78 is 47.6. The average molecular weight is 639 g/mol. The Morgan fingerprint density at radius 3 is 2.21 bits per heavy atom. The highest BCUT2D eigenvalue weighted by molar-refractivity contribution is 7.92. The fourth-order valence-electron chi connectivity index (χ4n) is 4.27. The van der Waals surface area contributed by atoms with E-state index in [1.54, 1.807) is 25.1 Å². The molecule has 1 atom stereocenters. The highest BCUT2D eigenvalue weighted by Crippen LogP contribution is 2.27. The van der Waals surface area contributed by atoms with Gasteiger partial charge < -0.3 is 15.0 Å². The minimum absolute atomic E-state index is 0.0325. The molecule has 0 aliphatic rings. The van der Waals surface area contributed by atoms with Crippen LogP contribution in [0.1, 0.15) is 38.7 Å². The van der Waals surface area contributed by atoms with Gasteiger partial charge in [0, 0.05) is 13.1 Å². The third kappa shape index (κ3) is 8.36. The van der Waals surface area contributed by atoms with E-state index in [2.05, 4.69) is 5.32 Å². The third-order valence-corrected chi connectivity index (χ3v) is 9.12. The van der Waals surface area contributed by atoms with Gasteiger partial charge >= 0.3 is 0 Å². The van der Waals surface area contributed by atoms with Gasteiger partial charge in [0.2, 0.25) is 11.8 Å². The van der Waals surface area contributed by atoms with Crippen molar-refractivity contribution in [2.24, 2.45) is 0 Å². The molecular weight excluding hydrogens is 604 g/mol. The van der Waals surface area contributed by atoms with Crippen molar-refractivity contribution in [1.29, 1.82) is 0 Å². The zero-order chi connectivity index (χ0) is 30.9. The van der Waals surface area contributed by atoms with Gasteiger partial charge in [0.15, 0.2) is 0 Å². The molecule has 0 saturated heterocycles. The Hall–Kier alpha value is -3.34. The molecule has 226 valence electrons. The van der Waals surface area contributed by atoms with Crippen LogP contribution in [0.25, 0.3) is 0 Å². The molecule has 0 unspecified atom stereocenters. The summed E-state index contributed by atoms with van der Waals surface area (Å²) in [5.74, 6) is -1.11. The Morgan fingerprint density at radius 1 is 0.976 bits per heavy atom. The number of hydrogen-bond acceptors (Lipinski definition) is 5. The molecule has 0 aliphatic carbocycles. The van der Waals surface area contributed by atoms with E-state index >= 15 is 0 Å². The Kier molecular flexibility index (Phi) is 12.0. The number of sulfonamides is 1. The molecule has 0 saturated carbocycles. The van der Waals surface area contributed by atoms with Crippen molar-refractivity contribution in [3.05, 3.63) is 88.2 Å². The Labute approximate surface area is 256 Å². The lowest BCUT2D eigenvalue weighted by atomic mass is 10.1. The van der Waals surface area contributed by atoms with Gasteiger partial charge in [-0.2, -0.15) is 0 Å². The predicted octanol–water partition coefficient (Wildman–Crippen LogP) is 6.06.